The molecule has 10 heteroatoms. The van der Waals surface area contributed by atoms with E-state index in [1.54, 1.807) is 0 Å². The molecule has 0 bridgehead atoms. The van der Waals surface area contributed by atoms with Gasteiger partial charge >= 0.3 is 0 Å². The van der Waals surface area contributed by atoms with Gasteiger partial charge in [-0.1, -0.05) is 153 Å². The highest BCUT2D eigenvalue weighted by atomic mass is 16.4. The highest BCUT2D eigenvalue weighted by Gasteiger charge is 2.38. The molecule has 0 spiro atoms. The van der Waals surface area contributed by atoms with Crippen LogP contribution in [-0.2, 0) is 10.8 Å². The van der Waals surface area contributed by atoms with Gasteiger partial charge in [0, 0.05) is 78.3 Å². The molecule has 10 nitrogen and oxygen atoms in total. The zero-order chi connectivity index (χ0) is 59.8. The van der Waals surface area contributed by atoms with Crippen LogP contribution in [0, 0.1) is 0 Å². The van der Waals surface area contributed by atoms with Crippen molar-refractivity contribution in [3.8, 4) is 90.6 Å². The van der Waals surface area contributed by atoms with Crippen LogP contribution in [0.3, 0.4) is 0 Å². The average Bonchev–Trinajstić information content (AvgIpc) is 1.69. The van der Waals surface area contributed by atoms with Crippen LogP contribution < -0.4 is 9.80 Å². The summed E-state index contributed by atoms with van der Waals surface area (Å²) >= 11 is 0. The van der Waals surface area contributed by atoms with Crippen molar-refractivity contribution in [1.29, 1.82) is 0 Å². The third-order valence-corrected chi connectivity index (χ3v) is 17.8. The molecule has 16 rings (SSSR count). The monoisotopic (exact) mass is 1150 g/mol. The van der Waals surface area contributed by atoms with Crippen LogP contribution in [0.4, 0.5) is 34.1 Å². The lowest BCUT2D eigenvalue weighted by Crippen LogP contribution is -2.18. The van der Waals surface area contributed by atoms with Gasteiger partial charge in [0.15, 0.2) is 0 Å². The molecule has 1 atom stereocenters. The zero-order valence-electron chi connectivity index (χ0n) is 49.1. The van der Waals surface area contributed by atoms with E-state index in [9.17, 15) is 0 Å². The maximum absolute atomic E-state index is 6.21. The maximum Gasteiger partial charge on any atom is 0.248 e. The van der Waals surface area contributed by atoms with Gasteiger partial charge < -0.3 is 18.6 Å². The van der Waals surface area contributed by atoms with Gasteiger partial charge in [-0.05, 0) is 185 Å². The lowest BCUT2D eigenvalue weighted by molar-refractivity contribution is 0.584. The molecular formula is C79H56N8O2. The number of anilines is 6. The van der Waals surface area contributed by atoms with Gasteiger partial charge in [0.25, 0.3) is 0 Å². The minimum Gasteiger partial charge on any atom is -0.416 e. The van der Waals surface area contributed by atoms with Gasteiger partial charge in [0.2, 0.25) is 23.6 Å². The van der Waals surface area contributed by atoms with E-state index in [2.05, 4.69) is 221 Å². The molecule has 14 aromatic rings. The number of allylic oxidation sites excluding steroid dienone is 1. The maximum atomic E-state index is 6.21. The molecule has 0 radical (unpaired) electrons. The predicted molar refractivity (Wildman–Crippen MR) is 357 cm³/mol. The average molecular weight is 1150 g/mol. The Morgan fingerprint density at radius 2 is 0.640 bits per heavy atom. The van der Waals surface area contributed by atoms with E-state index in [1.807, 2.05) is 109 Å². The molecule has 3 aromatic heterocycles. The molecule has 89 heavy (non-hydrogen) atoms. The summed E-state index contributed by atoms with van der Waals surface area (Å²) in [5.41, 5.74) is 23.7. The first kappa shape index (κ1) is 52.9. The summed E-state index contributed by atoms with van der Waals surface area (Å²) in [6, 6.07) is 92.8. The van der Waals surface area contributed by atoms with Gasteiger partial charge in [-0.3, -0.25) is 0 Å². The molecule has 0 fully saturated rings. The van der Waals surface area contributed by atoms with Crippen LogP contribution in [0.5, 0.6) is 0 Å². The molecule has 3 heterocycles. The van der Waals surface area contributed by atoms with E-state index in [0.29, 0.717) is 23.6 Å². The predicted octanol–water partition coefficient (Wildman–Crippen LogP) is 20.1. The van der Waals surface area contributed by atoms with Crippen LogP contribution in [0.2, 0.25) is 0 Å². The Balaban J connectivity index is 0.771. The van der Waals surface area contributed by atoms with Crippen molar-refractivity contribution in [2.75, 3.05) is 9.80 Å². The number of aromatic nitrogens is 6. The van der Waals surface area contributed by atoms with Crippen molar-refractivity contribution in [3.05, 3.63) is 302 Å². The zero-order valence-corrected chi connectivity index (χ0v) is 49.1. The van der Waals surface area contributed by atoms with E-state index < -0.39 is 0 Å². The summed E-state index contributed by atoms with van der Waals surface area (Å²) in [5, 5.41) is 17.6. The third kappa shape index (κ3) is 9.03. The van der Waals surface area contributed by atoms with E-state index in [0.717, 1.165) is 89.9 Å². The number of rotatable bonds is 13. The lowest BCUT2D eigenvalue weighted by Gasteiger charge is -2.28. The minimum atomic E-state index is -0.389. The van der Waals surface area contributed by atoms with Crippen molar-refractivity contribution in [3.63, 3.8) is 0 Å². The normalized spacial score (nSPS) is 14.2. The van der Waals surface area contributed by atoms with Gasteiger partial charge in [0.05, 0.1) is 22.4 Å². The van der Waals surface area contributed by atoms with Crippen molar-refractivity contribution < 1.29 is 8.83 Å². The van der Waals surface area contributed by atoms with Crippen LogP contribution in [0.1, 0.15) is 43.0 Å². The van der Waals surface area contributed by atoms with Gasteiger partial charge in [0.1, 0.15) is 0 Å². The Bertz CT molecular complexity index is 5020. The Morgan fingerprint density at radius 1 is 0.315 bits per heavy atom. The molecule has 1 unspecified atom stereocenters. The van der Waals surface area contributed by atoms with Crippen molar-refractivity contribution in [2.24, 2.45) is 0 Å². The second-order valence-electron chi connectivity index (χ2n) is 23.4. The Hall–Kier alpha value is -11.6. The first-order valence-corrected chi connectivity index (χ1v) is 29.9. The van der Waals surface area contributed by atoms with E-state index in [1.165, 1.54) is 44.5 Å². The van der Waals surface area contributed by atoms with E-state index in [-0.39, 0.29) is 10.8 Å². The topological polar surface area (TPSA) is 110 Å². The quantitative estimate of drug-likeness (QED) is 0.104. The molecular weight excluding hydrogens is 1090 g/mol. The number of benzene rings is 11. The smallest absolute Gasteiger partial charge is 0.248 e. The van der Waals surface area contributed by atoms with E-state index >= 15 is 0 Å². The summed E-state index contributed by atoms with van der Waals surface area (Å²) in [7, 11) is 0. The Labute approximate surface area is 515 Å². The molecule has 0 N–H and O–H groups in total. The molecule has 0 saturated heterocycles. The standard InChI is InChI=1S/C79H56N8O2/c1-5-79(4)67-25-15-13-23-63(67)65-47-45-61(49-69(65)79)87(59-42-34-55(35-43-59)77-85-83-75(89-77)53-20-10-7-11-21-53)57-38-30-51(31-39-57)73-72(80-70-26-16-17-27-71(70)81-73)50-28-36-56(37-29-50)86(60-44-46-64-62-22-12-14-24-66(62)78(2,3)68(64)48-60)58-40-32-54(33-41-58)76-84-82-74(88-76)52-18-8-6-9-19-52/h5-49H,1H2,2-4H3. The highest BCUT2D eigenvalue weighted by molar-refractivity contribution is 5.91. The van der Waals surface area contributed by atoms with Crippen molar-refractivity contribution >= 4 is 45.2 Å². The second-order valence-corrected chi connectivity index (χ2v) is 23.4. The van der Waals surface area contributed by atoms with Crippen LogP contribution in [0.15, 0.2) is 288 Å². The third-order valence-electron chi connectivity index (χ3n) is 17.8. The number of fused-ring (bicyclic) bond motifs is 7. The second kappa shape index (κ2) is 21.1. The summed E-state index contributed by atoms with van der Waals surface area (Å²) in [5.74, 6) is 1.85. The highest BCUT2D eigenvalue weighted by Crippen LogP contribution is 2.53. The molecule has 2 aliphatic rings. The number of nitrogens with zero attached hydrogens (tertiary/aromatic N) is 8. The lowest BCUT2D eigenvalue weighted by atomic mass is 9.80. The van der Waals surface area contributed by atoms with Crippen LogP contribution in [0.25, 0.3) is 102 Å². The summed E-state index contributed by atoms with van der Waals surface area (Å²) in [6.07, 6.45) is 2.07. The minimum absolute atomic E-state index is 0.198. The van der Waals surface area contributed by atoms with Crippen LogP contribution >= 0.6 is 0 Å². The van der Waals surface area contributed by atoms with Gasteiger partial charge in [-0.25, -0.2) is 9.97 Å². The first-order chi connectivity index (χ1) is 43.7. The van der Waals surface area contributed by atoms with Crippen molar-refractivity contribution in [1.82, 2.24) is 30.4 Å². The van der Waals surface area contributed by atoms with Crippen molar-refractivity contribution in [2.45, 2.75) is 31.6 Å². The summed E-state index contributed by atoms with van der Waals surface area (Å²) in [6.45, 7) is 11.3. The van der Waals surface area contributed by atoms with Gasteiger partial charge in [-0.15, -0.1) is 27.0 Å². The molecule has 424 valence electrons. The number of hydrogen-bond donors (Lipinski definition) is 0. The Morgan fingerprint density at radius 3 is 1.08 bits per heavy atom. The van der Waals surface area contributed by atoms with E-state index in [4.69, 9.17) is 18.8 Å². The van der Waals surface area contributed by atoms with Crippen LogP contribution in [-0.4, -0.2) is 30.4 Å². The summed E-state index contributed by atoms with van der Waals surface area (Å²) < 4.78 is 12.4. The molecule has 11 aromatic carbocycles. The molecule has 0 saturated carbocycles. The number of hydrogen-bond acceptors (Lipinski definition) is 10. The summed E-state index contributed by atoms with van der Waals surface area (Å²) in [4.78, 5) is 15.4. The van der Waals surface area contributed by atoms with Gasteiger partial charge in [-0.2, -0.15) is 0 Å². The largest absolute Gasteiger partial charge is 0.416 e. The SMILES string of the molecule is C=CC1(C)c2ccccc2-c2ccc(N(c3ccc(-c4nnc(-c5ccccc5)o4)cc3)c3ccc(-c4nc5ccccc5nc4-c4ccc(N(c5ccc(-c6nnc(-c7ccccc7)o6)cc5)c5ccc6c(c5)C(C)(C)c5ccccc5-6)cc4)cc3)cc21. The molecule has 2 aliphatic carbocycles. The molecule has 0 amide bonds. The Kier molecular flexibility index (Phi) is 12.5. The first-order valence-electron chi connectivity index (χ1n) is 29.9. The number of para-hydroxylation sites is 2. The fourth-order valence-electron chi connectivity index (χ4n) is 13.1. The molecule has 0 aliphatic heterocycles. The fraction of sp³-hybridized carbons (Fsp3) is 0.0633. The fourth-order valence-corrected chi connectivity index (χ4v) is 13.1.